The summed E-state index contributed by atoms with van der Waals surface area (Å²) in [4.78, 5) is 2.24. The largest absolute Gasteiger partial charge is 0.493 e. The Labute approximate surface area is 116 Å². The maximum absolute atomic E-state index is 5.41. The summed E-state index contributed by atoms with van der Waals surface area (Å²) in [5, 5.41) is 3.14. The van der Waals surface area contributed by atoms with Crippen molar-refractivity contribution in [3.05, 3.63) is 23.8 Å². The summed E-state index contributed by atoms with van der Waals surface area (Å²) in [7, 11) is 7.39. The lowest BCUT2D eigenvalue weighted by Gasteiger charge is -2.19. The summed E-state index contributed by atoms with van der Waals surface area (Å²) in [6.45, 7) is 2.82. The minimum absolute atomic E-state index is 0. The number of nitrogens with zero attached hydrogens (tertiary/aromatic N) is 1. The number of rotatable bonds is 7. The molecule has 0 aliphatic rings. The molecule has 0 fully saturated rings. The third-order valence-corrected chi connectivity index (χ3v) is 2.67. The van der Waals surface area contributed by atoms with Crippen molar-refractivity contribution in [3.8, 4) is 11.5 Å². The molecule has 1 aromatic carbocycles. The number of benzene rings is 1. The molecule has 0 atom stereocenters. The van der Waals surface area contributed by atoms with Crippen LogP contribution >= 0.6 is 12.4 Å². The van der Waals surface area contributed by atoms with E-state index in [0.717, 1.165) is 36.7 Å². The van der Waals surface area contributed by atoms with Gasteiger partial charge >= 0.3 is 0 Å². The van der Waals surface area contributed by atoms with Gasteiger partial charge in [0.15, 0.2) is 11.5 Å². The highest BCUT2D eigenvalue weighted by atomic mass is 35.5. The van der Waals surface area contributed by atoms with Gasteiger partial charge in [-0.25, -0.2) is 0 Å². The van der Waals surface area contributed by atoms with Crippen LogP contribution in [0.4, 0.5) is 0 Å². The van der Waals surface area contributed by atoms with Gasteiger partial charge in [0.05, 0.1) is 14.2 Å². The molecule has 0 radical (unpaired) electrons. The number of hydrogen-bond acceptors (Lipinski definition) is 4. The van der Waals surface area contributed by atoms with Crippen molar-refractivity contribution >= 4 is 12.4 Å². The molecular formula is C13H23ClN2O2. The van der Waals surface area contributed by atoms with Crippen LogP contribution in [0.3, 0.4) is 0 Å². The molecule has 5 heteroatoms. The Bertz CT molecular complexity index is 348. The molecule has 0 aliphatic carbocycles. The fourth-order valence-corrected chi connectivity index (χ4v) is 1.75. The van der Waals surface area contributed by atoms with E-state index in [9.17, 15) is 0 Å². The highest BCUT2D eigenvalue weighted by Gasteiger charge is 2.10. The number of ether oxygens (including phenoxy) is 2. The molecular weight excluding hydrogens is 252 g/mol. The Hall–Kier alpha value is -0.970. The van der Waals surface area contributed by atoms with Gasteiger partial charge in [0.1, 0.15) is 0 Å². The van der Waals surface area contributed by atoms with E-state index in [1.165, 1.54) is 0 Å². The van der Waals surface area contributed by atoms with Crippen LogP contribution in [-0.4, -0.2) is 46.3 Å². The van der Waals surface area contributed by atoms with Crippen molar-refractivity contribution < 1.29 is 9.47 Å². The van der Waals surface area contributed by atoms with E-state index < -0.39 is 0 Å². The van der Waals surface area contributed by atoms with E-state index >= 15 is 0 Å². The second kappa shape index (κ2) is 9.03. The molecule has 1 aromatic rings. The standard InChI is InChI=1S/C13H22N2O2.ClH/c1-14-8-9-15(2)10-11-6-5-7-12(16-3)13(11)17-4;/h5-7,14H,8-10H2,1-4H3;1H. The van der Waals surface area contributed by atoms with Gasteiger partial charge in [-0.15, -0.1) is 12.4 Å². The Morgan fingerprint density at radius 1 is 1.22 bits per heavy atom. The van der Waals surface area contributed by atoms with E-state index in [0.29, 0.717) is 0 Å². The number of halogens is 1. The smallest absolute Gasteiger partial charge is 0.165 e. The van der Waals surface area contributed by atoms with E-state index in [1.54, 1.807) is 14.2 Å². The van der Waals surface area contributed by atoms with Crippen LogP contribution in [0.1, 0.15) is 5.56 Å². The zero-order chi connectivity index (χ0) is 12.7. The molecule has 1 N–H and O–H groups in total. The minimum atomic E-state index is 0. The number of methoxy groups -OCH3 is 2. The van der Waals surface area contributed by atoms with Crippen molar-refractivity contribution in [2.75, 3.05) is 41.4 Å². The first kappa shape index (κ1) is 17.0. The molecule has 0 heterocycles. The first-order valence-electron chi connectivity index (χ1n) is 5.76. The van der Waals surface area contributed by atoms with E-state index in [-0.39, 0.29) is 12.4 Å². The average Bonchev–Trinajstić information content (AvgIpc) is 2.35. The summed E-state index contributed by atoms with van der Waals surface area (Å²) >= 11 is 0. The molecule has 0 spiro atoms. The lowest BCUT2D eigenvalue weighted by atomic mass is 10.1. The molecule has 0 unspecified atom stereocenters. The number of likely N-dealkylation sites (N-methyl/N-ethyl adjacent to an activating group) is 2. The molecule has 104 valence electrons. The molecule has 1 rings (SSSR count). The lowest BCUT2D eigenvalue weighted by molar-refractivity contribution is 0.310. The van der Waals surface area contributed by atoms with Crippen molar-refractivity contribution in [3.63, 3.8) is 0 Å². The highest BCUT2D eigenvalue weighted by molar-refractivity contribution is 5.85. The minimum Gasteiger partial charge on any atom is -0.493 e. The van der Waals surface area contributed by atoms with Gasteiger partial charge in [-0.3, -0.25) is 0 Å². The van der Waals surface area contributed by atoms with Crippen LogP contribution < -0.4 is 14.8 Å². The normalized spacial score (nSPS) is 10.1. The molecule has 0 bridgehead atoms. The molecule has 0 saturated carbocycles. The molecule has 0 amide bonds. The average molecular weight is 275 g/mol. The molecule has 0 aliphatic heterocycles. The summed E-state index contributed by atoms with van der Waals surface area (Å²) in [5.74, 6) is 1.61. The number of para-hydroxylation sites is 1. The van der Waals surface area contributed by atoms with Gasteiger partial charge in [-0.05, 0) is 20.2 Å². The quantitative estimate of drug-likeness (QED) is 0.822. The second-order valence-corrected chi connectivity index (χ2v) is 3.99. The third-order valence-electron chi connectivity index (χ3n) is 2.67. The van der Waals surface area contributed by atoms with Gasteiger partial charge in [0.25, 0.3) is 0 Å². The fraction of sp³-hybridized carbons (Fsp3) is 0.538. The van der Waals surface area contributed by atoms with Crippen molar-refractivity contribution in [1.82, 2.24) is 10.2 Å². The lowest BCUT2D eigenvalue weighted by Crippen LogP contribution is -2.27. The maximum Gasteiger partial charge on any atom is 0.165 e. The first-order valence-corrected chi connectivity index (χ1v) is 5.76. The summed E-state index contributed by atoms with van der Waals surface area (Å²) in [6, 6.07) is 5.97. The van der Waals surface area contributed by atoms with E-state index in [2.05, 4.69) is 23.3 Å². The molecule has 4 nitrogen and oxygen atoms in total. The Morgan fingerprint density at radius 3 is 2.50 bits per heavy atom. The second-order valence-electron chi connectivity index (χ2n) is 3.99. The van der Waals surface area contributed by atoms with Crippen LogP contribution in [0.25, 0.3) is 0 Å². The van der Waals surface area contributed by atoms with Gasteiger partial charge < -0.3 is 19.7 Å². The predicted molar refractivity (Wildman–Crippen MR) is 77.1 cm³/mol. The predicted octanol–water partition coefficient (Wildman–Crippen LogP) is 1.78. The third kappa shape index (κ3) is 4.72. The Morgan fingerprint density at radius 2 is 1.94 bits per heavy atom. The van der Waals surface area contributed by atoms with Gasteiger partial charge in [0, 0.05) is 25.2 Å². The van der Waals surface area contributed by atoms with E-state index in [1.807, 2.05) is 19.2 Å². The van der Waals surface area contributed by atoms with Crippen molar-refractivity contribution in [2.45, 2.75) is 6.54 Å². The first-order chi connectivity index (χ1) is 8.22. The number of nitrogens with one attached hydrogen (secondary N) is 1. The Kier molecular flexibility index (Phi) is 8.54. The maximum atomic E-state index is 5.41. The van der Waals surface area contributed by atoms with Crippen LogP contribution in [-0.2, 0) is 6.54 Å². The fourth-order valence-electron chi connectivity index (χ4n) is 1.75. The van der Waals surface area contributed by atoms with E-state index in [4.69, 9.17) is 9.47 Å². The van der Waals surface area contributed by atoms with Crippen LogP contribution in [0, 0.1) is 0 Å². The summed E-state index contributed by atoms with van der Waals surface area (Å²) in [6.07, 6.45) is 0. The molecule has 18 heavy (non-hydrogen) atoms. The summed E-state index contributed by atoms with van der Waals surface area (Å²) < 4.78 is 10.7. The van der Waals surface area contributed by atoms with Crippen LogP contribution in [0.2, 0.25) is 0 Å². The molecule has 0 aromatic heterocycles. The highest BCUT2D eigenvalue weighted by Crippen LogP contribution is 2.31. The zero-order valence-corrected chi connectivity index (χ0v) is 12.3. The van der Waals surface area contributed by atoms with Crippen LogP contribution in [0.5, 0.6) is 11.5 Å². The molecule has 0 saturated heterocycles. The van der Waals surface area contributed by atoms with Crippen LogP contribution in [0.15, 0.2) is 18.2 Å². The van der Waals surface area contributed by atoms with Crippen molar-refractivity contribution in [1.29, 1.82) is 0 Å². The Balaban J connectivity index is 0.00000289. The van der Waals surface area contributed by atoms with Gasteiger partial charge in [-0.1, -0.05) is 12.1 Å². The SMILES string of the molecule is CNCCN(C)Cc1cccc(OC)c1OC.Cl. The number of hydrogen-bond donors (Lipinski definition) is 1. The summed E-state index contributed by atoms with van der Waals surface area (Å²) in [5.41, 5.74) is 1.14. The van der Waals surface area contributed by atoms with Crippen molar-refractivity contribution in [2.24, 2.45) is 0 Å². The van der Waals surface area contributed by atoms with Gasteiger partial charge in [0.2, 0.25) is 0 Å². The monoisotopic (exact) mass is 274 g/mol. The van der Waals surface area contributed by atoms with Gasteiger partial charge in [-0.2, -0.15) is 0 Å². The zero-order valence-electron chi connectivity index (χ0n) is 11.5. The topological polar surface area (TPSA) is 33.7 Å².